The van der Waals surface area contributed by atoms with Crippen molar-refractivity contribution in [3.63, 3.8) is 0 Å². The molecule has 0 radical (unpaired) electrons. The molecule has 0 atom stereocenters. The molecule has 0 bridgehead atoms. The van der Waals surface area contributed by atoms with Crippen LogP contribution in [0.25, 0.3) is 10.9 Å². The van der Waals surface area contributed by atoms with Crippen LogP contribution >= 0.6 is 0 Å². The molecule has 0 aliphatic heterocycles. The monoisotopic (exact) mass is 224 g/mol. The lowest BCUT2D eigenvalue weighted by Gasteiger charge is -1.95. The maximum Gasteiger partial charge on any atom is 0.221 e. The normalized spacial score (nSPS) is 9.41. The van der Waals surface area contributed by atoms with Crippen LogP contribution in [0.1, 0.15) is 0 Å². The molecular formula is C14H12N2O. The summed E-state index contributed by atoms with van der Waals surface area (Å²) in [5.41, 5.74) is 0.764. The Morgan fingerprint density at radius 3 is 1.88 bits per heavy atom. The molecule has 0 amide bonds. The van der Waals surface area contributed by atoms with Crippen molar-refractivity contribution in [2.75, 3.05) is 0 Å². The van der Waals surface area contributed by atoms with Crippen molar-refractivity contribution in [3.8, 4) is 5.88 Å². The topological polar surface area (TPSA) is 46.0 Å². The second-order valence-corrected chi connectivity index (χ2v) is 3.37. The van der Waals surface area contributed by atoms with Crippen LogP contribution in [0.2, 0.25) is 0 Å². The van der Waals surface area contributed by atoms with Crippen LogP contribution in [0.5, 0.6) is 5.88 Å². The third-order valence-corrected chi connectivity index (χ3v) is 2.19. The summed E-state index contributed by atoms with van der Waals surface area (Å²) >= 11 is 0. The fourth-order valence-corrected chi connectivity index (χ4v) is 1.38. The zero-order chi connectivity index (χ0) is 11.9. The molecule has 1 N–H and O–H groups in total. The van der Waals surface area contributed by atoms with E-state index in [0.717, 1.165) is 5.52 Å². The largest absolute Gasteiger partial charge is 0.493 e. The van der Waals surface area contributed by atoms with Crippen molar-refractivity contribution in [3.05, 3.63) is 67.0 Å². The van der Waals surface area contributed by atoms with E-state index in [4.69, 9.17) is 0 Å². The number of fused-ring (bicyclic) bond motifs is 1. The fraction of sp³-hybridized carbons (Fsp3) is 0. The van der Waals surface area contributed by atoms with Crippen LogP contribution in [0.3, 0.4) is 0 Å². The smallest absolute Gasteiger partial charge is 0.221 e. The molecule has 0 unspecified atom stereocenters. The number of aromatic hydroxyl groups is 1. The second-order valence-electron chi connectivity index (χ2n) is 3.37. The Balaban J connectivity index is 0.000000153. The molecular weight excluding hydrogens is 212 g/mol. The number of rotatable bonds is 0. The highest BCUT2D eigenvalue weighted by molar-refractivity contribution is 5.82. The van der Waals surface area contributed by atoms with Gasteiger partial charge >= 0.3 is 0 Å². The van der Waals surface area contributed by atoms with E-state index in [1.54, 1.807) is 6.07 Å². The Bertz CT molecular complexity index is 550. The lowest BCUT2D eigenvalue weighted by molar-refractivity contribution is 0.459. The minimum absolute atomic E-state index is 0.0376. The zero-order valence-corrected chi connectivity index (χ0v) is 9.19. The molecule has 3 aromatic rings. The Morgan fingerprint density at radius 2 is 1.29 bits per heavy atom. The van der Waals surface area contributed by atoms with Gasteiger partial charge in [-0.05, 0) is 12.1 Å². The summed E-state index contributed by atoms with van der Waals surface area (Å²) in [6, 6.07) is 19.3. The highest BCUT2D eigenvalue weighted by Crippen LogP contribution is 2.17. The van der Waals surface area contributed by atoms with Gasteiger partial charge in [0.05, 0.1) is 10.9 Å². The van der Waals surface area contributed by atoms with E-state index in [9.17, 15) is 5.11 Å². The van der Waals surface area contributed by atoms with Gasteiger partial charge in [-0.25, -0.2) is 9.97 Å². The Morgan fingerprint density at radius 1 is 0.706 bits per heavy atom. The van der Waals surface area contributed by atoms with Crippen molar-refractivity contribution in [2.45, 2.75) is 0 Å². The molecule has 0 aliphatic rings. The predicted molar refractivity (Wildman–Crippen MR) is 67.6 cm³/mol. The van der Waals surface area contributed by atoms with Gasteiger partial charge in [-0.15, -0.1) is 0 Å². The Labute approximate surface area is 99.4 Å². The van der Waals surface area contributed by atoms with E-state index in [-0.39, 0.29) is 5.88 Å². The average molecular weight is 224 g/mol. The fourth-order valence-electron chi connectivity index (χ4n) is 1.38. The van der Waals surface area contributed by atoms with Crippen LogP contribution in [0.4, 0.5) is 0 Å². The van der Waals surface area contributed by atoms with Crippen LogP contribution in [0, 0.1) is 0 Å². The van der Waals surface area contributed by atoms with Gasteiger partial charge < -0.3 is 5.11 Å². The molecule has 0 saturated carbocycles. The Hall–Kier alpha value is -2.42. The Kier molecular flexibility index (Phi) is 3.65. The first-order valence-electron chi connectivity index (χ1n) is 5.26. The van der Waals surface area contributed by atoms with E-state index in [1.807, 2.05) is 54.6 Å². The van der Waals surface area contributed by atoms with Gasteiger partial charge in [0, 0.05) is 0 Å². The van der Waals surface area contributed by atoms with Gasteiger partial charge in [0.25, 0.3) is 0 Å². The molecule has 3 nitrogen and oxygen atoms in total. The van der Waals surface area contributed by atoms with Crippen LogP contribution in [0.15, 0.2) is 67.0 Å². The summed E-state index contributed by atoms with van der Waals surface area (Å²) in [4.78, 5) is 7.62. The van der Waals surface area contributed by atoms with Crippen molar-refractivity contribution in [1.82, 2.24) is 9.97 Å². The van der Waals surface area contributed by atoms with Gasteiger partial charge in [0.15, 0.2) is 0 Å². The van der Waals surface area contributed by atoms with E-state index < -0.39 is 0 Å². The molecule has 2 aromatic carbocycles. The highest BCUT2D eigenvalue weighted by atomic mass is 16.3. The SMILES string of the molecule is Oc1ncnc2ccccc12.c1ccccc1. The van der Waals surface area contributed by atoms with Gasteiger partial charge in [0.2, 0.25) is 5.88 Å². The maximum absolute atomic E-state index is 9.22. The first-order valence-corrected chi connectivity index (χ1v) is 5.26. The first kappa shape index (κ1) is 11.1. The number of aromatic nitrogens is 2. The molecule has 17 heavy (non-hydrogen) atoms. The highest BCUT2D eigenvalue weighted by Gasteiger charge is 1.97. The van der Waals surface area contributed by atoms with Crippen molar-refractivity contribution >= 4 is 10.9 Å². The van der Waals surface area contributed by atoms with E-state index in [2.05, 4.69) is 9.97 Å². The third kappa shape index (κ3) is 3.01. The molecule has 0 fully saturated rings. The van der Waals surface area contributed by atoms with Gasteiger partial charge in [0.1, 0.15) is 6.33 Å². The van der Waals surface area contributed by atoms with Crippen LogP contribution in [-0.4, -0.2) is 15.1 Å². The van der Waals surface area contributed by atoms with E-state index >= 15 is 0 Å². The van der Waals surface area contributed by atoms with Crippen LogP contribution in [-0.2, 0) is 0 Å². The molecule has 0 aliphatic carbocycles. The summed E-state index contributed by atoms with van der Waals surface area (Å²) < 4.78 is 0. The summed E-state index contributed by atoms with van der Waals surface area (Å²) in [6.07, 6.45) is 1.34. The summed E-state index contributed by atoms with van der Waals surface area (Å²) in [7, 11) is 0. The molecule has 0 saturated heterocycles. The quantitative estimate of drug-likeness (QED) is 0.638. The van der Waals surface area contributed by atoms with Crippen LogP contribution < -0.4 is 0 Å². The zero-order valence-electron chi connectivity index (χ0n) is 9.19. The summed E-state index contributed by atoms with van der Waals surface area (Å²) in [5.74, 6) is 0.0376. The van der Waals surface area contributed by atoms with E-state index in [0.29, 0.717) is 5.39 Å². The van der Waals surface area contributed by atoms with E-state index in [1.165, 1.54) is 6.33 Å². The van der Waals surface area contributed by atoms with Gasteiger partial charge in [-0.1, -0.05) is 48.5 Å². The molecule has 1 heterocycles. The second kappa shape index (κ2) is 5.61. The lowest BCUT2D eigenvalue weighted by Crippen LogP contribution is -1.80. The maximum atomic E-state index is 9.22. The van der Waals surface area contributed by atoms with Gasteiger partial charge in [-0.2, -0.15) is 0 Å². The number of nitrogens with zero attached hydrogens (tertiary/aromatic N) is 2. The predicted octanol–water partition coefficient (Wildman–Crippen LogP) is 3.02. The summed E-state index contributed by atoms with van der Waals surface area (Å²) in [6.45, 7) is 0. The molecule has 1 aromatic heterocycles. The third-order valence-electron chi connectivity index (χ3n) is 2.19. The van der Waals surface area contributed by atoms with Crippen molar-refractivity contribution < 1.29 is 5.11 Å². The van der Waals surface area contributed by atoms with Crippen molar-refractivity contribution in [2.24, 2.45) is 0 Å². The average Bonchev–Trinajstić information content (AvgIpc) is 2.42. The number of benzene rings is 2. The summed E-state index contributed by atoms with van der Waals surface area (Å²) in [5, 5.41) is 9.91. The standard InChI is InChI=1S/C8H6N2O.C6H6/c11-8-6-3-1-2-4-7(6)9-5-10-8;1-2-4-6-5-3-1/h1-5H,(H,9,10,11);1-6H. The van der Waals surface area contributed by atoms with Gasteiger partial charge in [-0.3, -0.25) is 0 Å². The minimum Gasteiger partial charge on any atom is -0.493 e. The number of para-hydroxylation sites is 1. The minimum atomic E-state index is 0.0376. The first-order chi connectivity index (χ1) is 8.38. The van der Waals surface area contributed by atoms with Crippen molar-refractivity contribution in [1.29, 1.82) is 0 Å². The molecule has 3 heteroatoms. The molecule has 3 rings (SSSR count). The molecule has 84 valence electrons. The number of hydrogen-bond donors (Lipinski definition) is 1. The molecule has 0 spiro atoms. The number of hydrogen-bond acceptors (Lipinski definition) is 3. The lowest BCUT2D eigenvalue weighted by atomic mass is 10.2.